The van der Waals surface area contributed by atoms with Crippen LogP contribution in [0.3, 0.4) is 0 Å². The molecule has 0 aliphatic carbocycles. The van der Waals surface area contributed by atoms with Crippen molar-refractivity contribution in [3.05, 3.63) is 0 Å². The van der Waals surface area contributed by atoms with Gasteiger partial charge in [0, 0.05) is 0 Å². The molecule has 0 aliphatic heterocycles. The molecule has 20 heavy (non-hydrogen) atoms. The second kappa shape index (κ2) is 11.0. The summed E-state index contributed by atoms with van der Waals surface area (Å²) in [7, 11) is -3.40. The van der Waals surface area contributed by atoms with Crippen molar-refractivity contribution in [1.29, 1.82) is 0 Å². The van der Waals surface area contributed by atoms with Crippen LogP contribution in [0.4, 0.5) is 0 Å². The van der Waals surface area contributed by atoms with Crippen LogP contribution in [0.1, 0.15) is 79.1 Å². The van der Waals surface area contributed by atoms with Gasteiger partial charge in [-0.3, -0.25) is 0 Å². The molecule has 0 radical (unpaired) electrons. The summed E-state index contributed by atoms with van der Waals surface area (Å²) in [5.41, 5.74) is 0. The Morgan fingerprint density at radius 1 is 0.650 bits per heavy atom. The Morgan fingerprint density at radius 3 is 1.30 bits per heavy atom. The number of hydrogen-bond donors (Lipinski definition) is 1. The molecule has 4 heteroatoms. The van der Waals surface area contributed by atoms with Gasteiger partial charge < -0.3 is 0 Å². The first-order valence-corrected chi connectivity index (χ1v) is 11.0. The summed E-state index contributed by atoms with van der Waals surface area (Å²) in [6.45, 7) is 9.85. The molecule has 0 rings (SSSR count). The predicted molar refractivity (Wildman–Crippen MR) is 90.4 cm³/mol. The van der Waals surface area contributed by atoms with Gasteiger partial charge in [0.15, 0.2) is 0 Å². The Labute approximate surface area is 126 Å². The maximum absolute atomic E-state index is 11.4. The summed E-state index contributed by atoms with van der Waals surface area (Å²) in [5.74, 6) is 0. The van der Waals surface area contributed by atoms with Gasteiger partial charge in [-0.15, -0.1) is 0 Å². The third-order valence-corrected chi connectivity index (χ3v) is 7.60. The fourth-order valence-electron chi connectivity index (χ4n) is 2.18. The molecule has 0 amide bonds. The van der Waals surface area contributed by atoms with Crippen LogP contribution in [-0.4, -0.2) is 30.4 Å². The standard InChI is InChI=1S/C16H37O3P/c1-5-9-13-18-20(17,15-11-7-3,16-12-8-4)19-14-10-6-2/h17H,5-16H2,1-4H3. The van der Waals surface area contributed by atoms with Crippen LogP contribution in [-0.2, 0) is 9.05 Å². The molecule has 0 saturated heterocycles. The summed E-state index contributed by atoms with van der Waals surface area (Å²) in [4.78, 5) is 11.4. The van der Waals surface area contributed by atoms with Crippen LogP contribution >= 0.6 is 7.28 Å². The van der Waals surface area contributed by atoms with Crippen molar-refractivity contribution in [2.24, 2.45) is 0 Å². The van der Waals surface area contributed by atoms with E-state index in [2.05, 4.69) is 27.7 Å². The Balaban J connectivity index is 4.83. The fraction of sp³-hybridized carbons (Fsp3) is 1.00. The molecule has 0 aromatic heterocycles. The fourth-order valence-corrected chi connectivity index (χ4v) is 5.96. The quantitative estimate of drug-likeness (QED) is 0.339. The number of unbranched alkanes of at least 4 members (excludes halogenated alkanes) is 4. The van der Waals surface area contributed by atoms with Crippen LogP contribution < -0.4 is 0 Å². The average Bonchev–Trinajstić information content (AvgIpc) is 2.44. The van der Waals surface area contributed by atoms with E-state index < -0.39 is 7.28 Å². The van der Waals surface area contributed by atoms with E-state index in [1.165, 1.54) is 0 Å². The minimum atomic E-state index is -3.40. The first-order chi connectivity index (χ1) is 9.54. The molecule has 3 nitrogen and oxygen atoms in total. The molecule has 0 aromatic carbocycles. The monoisotopic (exact) mass is 308 g/mol. The van der Waals surface area contributed by atoms with E-state index >= 15 is 0 Å². The third kappa shape index (κ3) is 7.93. The number of rotatable bonds is 14. The second-order valence-corrected chi connectivity index (χ2v) is 9.72. The van der Waals surface area contributed by atoms with E-state index in [0.717, 1.165) is 51.4 Å². The maximum atomic E-state index is 11.4. The van der Waals surface area contributed by atoms with E-state index in [0.29, 0.717) is 25.5 Å². The zero-order valence-electron chi connectivity index (χ0n) is 14.2. The van der Waals surface area contributed by atoms with Crippen LogP contribution in [0.2, 0.25) is 0 Å². The van der Waals surface area contributed by atoms with Crippen molar-refractivity contribution in [3.63, 3.8) is 0 Å². The number of hydrogen-bond acceptors (Lipinski definition) is 3. The zero-order valence-corrected chi connectivity index (χ0v) is 15.1. The normalized spacial score (nSPS) is 14.2. The van der Waals surface area contributed by atoms with Crippen LogP contribution in [0.15, 0.2) is 0 Å². The van der Waals surface area contributed by atoms with Crippen LogP contribution in [0.25, 0.3) is 0 Å². The van der Waals surface area contributed by atoms with Gasteiger partial charge in [0.1, 0.15) is 0 Å². The molecular weight excluding hydrogens is 271 g/mol. The molecule has 0 saturated carbocycles. The Bertz CT molecular complexity index is 212. The molecule has 0 atom stereocenters. The van der Waals surface area contributed by atoms with E-state index in [1.807, 2.05) is 0 Å². The van der Waals surface area contributed by atoms with Gasteiger partial charge in [-0.25, -0.2) is 0 Å². The first kappa shape index (κ1) is 20.3. The average molecular weight is 308 g/mol. The van der Waals surface area contributed by atoms with Gasteiger partial charge in [-0.2, -0.15) is 0 Å². The van der Waals surface area contributed by atoms with Crippen LogP contribution in [0.5, 0.6) is 0 Å². The molecule has 0 bridgehead atoms. The molecule has 0 aliphatic rings. The van der Waals surface area contributed by atoms with E-state index in [9.17, 15) is 4.89 Å². The van der Waals surface area contributed by atoms with Crippen molar-refractivity contribution in [2.45, 2.75) is 79.1 Å². The molecule has 0 aromatic rings. The summed E-state index contributed by atoms with van der Waals surface area (Å²) >= 11 is 0. The van der Waals surface area contributed by atoms with Crippen molar-refractivity contribution >= 4 is 7.28 Å². The summed E-state index contributed by atoms with van der Waals surface area (Å²) in [5, 5.41) is 0. The Kier molecular flexibility index (Phi) is 11.1. The SMILES string of the molecule is CCCCOP(O)(CCCC)(CCCC)OCCCC. The second-order valence-electron chi connectivity index (χ2n) is 5.79. The topological polar surface area (TPSA) is 38.7 Å². The molecule has 0 fully saturated rings. The van der Waals surface area contributed by atoms with Gasteiger partial charge in [0.25, 0.3) is 0 Å². The van der Waals surface area contributed by atoms with Gasteiger partial charge in [0.2, 0.25) is 0 Å². The van der Waals surface area contributed by atoms with Gasteiger partial charge in [-0.05, 0) is 0 Å². The van der Waals surface area contributed by atoms with E-state index in [1.54, 1.807) is 0 Å². The summed E-state index contributed by atoms with van der Waals surface area (Å²) in [6, 6.07) is 0. The van der Waals surface area contributed by atoms with Crippen molar-refractivity contribution in [1.82, 2.24) is 0 Å². The van der Waals surface area contributed by atoms with Crippen molar-refractivity contribution in [3.8, 4) is 0 Å². The van der Waals surface area contributed by atoms with Crippen molar-refractivity contribution in [2.75, 3.05) is 25.5 Å². The minimum absolute atomic E-state index is 0.629. The summed E-state index contributed by atoms with van der Waals surface area (Å²) < 4.78 is 12.1. The first-order valence-electron chi connectivity index (χ1n) is 8.60. The van der Waals surface area contributed by atoms with Gasteiger partial charge >= 0.3 is 126 Å². The molecule has 0 heterocycles. The molecule has 124 valence electrons. The Hall–Kier alpha value is 0.310. The molecule has 0 spiro atoms. The van der Waals surface area contributed by atoms with Crippen molar-refractivity contribution < 1.29 is 13.9 Å². The molecule has 1 N–H and O–H groups in total. The van der Waals surface area contributed by atoms with Gasteiger partial charge in [0.05, 0.1) is 0 Å². The van der Waals surface area contributed by atoms with Gasteiger partial charge in [-0.1, -0.05) is 0 Å². The zero-order chi connectivity index (χ0) is 15.3. The Morgan fingerprint density at radius 2 is 1.00 bits per heavy atom. The predicted octanol–water partition coefficient (Wildman–Crippen LogP) is 5.51. The third-order valence-electron chi connectivity index (χ3n) is 3.67. The van der Waals surface area contributed by atoms with Crippen LogP contribution in [0, 0.1) is 0 Å². The van der Waals surface area contributed by atoms with E-state index in [-0.39, 0.29) is 0 Å². The molecular formula is C16H37O3P. The summed E-state index contributed by atoms with van der Waals surface area (Å²) in [6.07, 6.45) is 9.67. The molecule has 0 unspecified atom stereocenters. The van der Waals surface area contributed by atoms with E-state index in [4.69, 9.17) is 9.05 Å².